The number of rotatable bonds is 30. The van der Waals surface area contributed by atoms with E-state index < -0.39 is 58.7 Å². The number of carbonyl (C=O) groups is 7. The van der Waals surface area contributed by atoms with E-state index in [2.05, 4.69) is 21.3 Å². The summed E-state index contributed by atoms with van der Waals surface area (Å²) in [4.78, 5) is 103. The predicted octanol–water partition coefficient (Wildman–Crippen LogP) is 3.01. The fourth-order valence-corrected chi connectivity index (χ4v) is 6.04. The van der Waals surface area contributed by atoms with Crippen molar-refractivity contribution in [3.63, 3.8) is 0 Å². The number of non-ortho nitro benzene ring substituents is 1. The van der Waals surface area contributed by atoms with E-state index in [1.54, 1.807) is 62.4 Å². The third kappa shape index (κ3) is 18.4. The van der Waals surface area contributed by atoms with Gasteiger partial charge in [-0.15, -0.1) is 5.06 Å². The molecule has 0 saturated carbocycles. The molecule has 0 radical (unpaired) electrons. The highest BCUT2D eigenvalue weighted by atomic mass is 16.7. The van der Waals surface area contributed by atoms with Gasteiger partial charge in [-0.2, -0.15) is 0 Å². The number of carbonyl (C=O) groups excluding carboxylic acids is 7. The van der Waals surface area contributed by atoms with Gasteiger partial charge in [-0.05, 0) is 60.7 Å². The molecule has 67 heavy (non-hydrogen) atoms. The number of nitrogens with zero attached hydrogens (tertiary/aromatic N) is 2. The fourth-order valence-electron chi connectivity index (χ4n) is 6.04. The Morgan fingerprint density at radius 2 is 1.30 bits per heavy atom. The van der Waals surface area contributed by atoms with Crippen molar-refractivity contribution in [3.05, 3.63) is 99.6 Å². The van der Waals surface area contributed by atoms with E-state index in [9.17, 15) is 43.7 Å². The van der Waals surface area contributed by atoms with E-state index in [0.29, 0.717) is 29.0 Å². The van der Waals surface area contributed by atoms with Crippen LogP contribution >= 0.6 is 0 Å². The molecule has 23 heteroatoms. The largest absolute Gasteiger partial charge is 0.514 e. The molecule has 1 aliphatic rings. The summed E-state index contributed by atoms with van der Waals surface area (Å²) in [6.45, 7) is 5.22. The molecule has 7 amide bonds. The van der Waals surface area contributed by atoms with Gasteiger partial charge in [0.15, 0.2) is 0 Å². The number of nitro groups is 1. The summed E-state index contributed by atoms with van der Waals surface area (Å²) in [6.07, 6.45) is -0.697. The zero-order valence-electron chi connectivity index (χ0n) is 37.1. The summed E-state index contributed by atoms with van der Waals surface area (Å²) in [5.41, 5.74) is 6.49. The molecule has 1 aliphatic heterocycles. The highest BCUT2D eigenvalue weighted by molar-refractivity contribution is 6.20. The van der Waals surface area contributed by atoms with Crippen molar-refractivity contribution in [2.45, 2.75) is 51.8 Å². The molecule has 0 aromatic heterocycles. The van der Waals surface area contributed by atoms with Gasteiger partial charge >= 0.3 is 12.2 Å². The normalized spacial score (nSPS) is 12.8. The number of imide groups is 1. The van der Waals surface area contributed by atoms with Crippen LogP contribution in [0.3, 0.4) is 0 Å². The molecule has 0 spiro atoms. The maximum atomic E-state index is 13.5. The lowest BCUT2D eigenvalue weighted by atomic mass is 10.0. The van der Waals surface area contributed by atoms with Gasteiger partial charge in [-0.3, -0.25) is 38.9 Å². The minimum absolute atomic E-state index is 0.00609. The van der Waals surface area contributed by atoms with Crippen LogP contribution in [-0.2, 0) is 49.5 Å². The predicted molar refractivity (Wildman–Crippen MR) is 235 cm³/mol. The van der Waals surface area contributed by atoms with Crippen LogP contribution in [0.25, 0.3) is 0 Å². The van der Waals surface area contributed by atoms with Crippen LogP contribution in [-0.4, -0.2) is 130 Å². The zero-order chi connectivity index (χ0) is 48.6. The number of fused-ring (bicyclic) bond motifs is 1. The van der Waals surface area contributed by atoms with Crippen molar-refractivity contribution in [1.29, 1.82) is 0 Å². The SMILES string of the molecule is CC(C)[C@H](NC(=O)CCOCCOCCOCCOCCON1C(=O)c2ccccc2C1=O)C(=O)N[C@@H](CCCNC(N)=O)C(=O)Nc1ccc(COC(=O)Oc2ccc([N+](=O)[O-])cc2)cc1. The molecule has 1 heterocycles. The number of urea groups is 1. The van der Waals surface area contributed by atoms with E-state index in [-0.39, 0.29) is 103 Å². The van der Waals surface area contributed by atoms with E-state index in [1.807, 2.05) is 0 Å². The van der Waals surface area contributed by atoms with Crippen LogP contribution in [0, 0.1) is 16.0 Å². The minimum atomic E-state index is -1.08. The summed E-state index contributed by atoms with van der Waals surface area (Å²) < 4.78 is 32.0. The van der Waals surface area contributed by atoms with Crippen LogP contribution in [0.4, 0.5) is 21.0 Å². The van der Waals surface area contributed by atoms with Crippen molar-refractivity contribution in [3.8, 4) is 5.75 Å². The topological polar surface area (TPSA) is 305 Å². The summed E-state index contributed by atoms with van der Waals surface area (Å²) in [5.74, 6) is -2.95. The summed E-state index contributed by atoms with van der Waals surface area (Å²) in [7, 11) is 0. The van der Waals surface area contributed by atoms with Crippen LogP contribution in [0.2, 0.25) is 0 Å². The Kier molecular flexibility index (Phi) is 22.0. The number of amides is 7. The van der Waals surface area contributed by atoms with Crippen LogP contribution in [0.5, 0.6) is 5.75 Å². The first-order chi connectivity index (χ1) is 32.2. The molecular formula is C44H55N7O16. The monoisotopic (exact) mass is 937 g/mol. The van der Waals surface area contributed by atoms with Gasteiger partial charge in [0.1, 0.15) is 24.4 Å². The highest BCUT2D eigenvalue weighted by Gasteiger charge is 2.36. The fraction of sp³-hybridized carbons (Fsp3) is 0.432. The Morgan fingerprint density at radius 1 is 0.731 bits per heavy atom. The first-order valence-corrected chi connectivity index (χ1v) is 21.3. The molecule has 0 fully saturated rings. The Morgan fingerprint density at radius 3 is 1.85 bits per heavy atom. The van der Waals surface area contributed by atoms with Gasteiger partial charge in [-0.25, -0.2) is 9.59 Å². The molecule has 0 saturated heterocycles. The molecule has 362 valence electrons. The third-order valence-corrected chi connectivity index (χ3v) is 9.49. The molecule has 0 unspecified atom stereocenters. The van der Waals surface area contributed by atoms with Crippen LogP contribution < -0.4 is 31.7 Å². The number of hydrogen-bond acceptors (Lipinski definition) is 16. The molecule has 3 aromatic carbocycles. The van der Waals surface area contributed by atoms with Crippen LogP contribution in [0.1, 0.15) is 59.4 Å². The summed E-state index contributed by atoms with van der Waals surface area (Å²) >= 11 is 0. The number of nitro benzene ring substituents is 1. The number of nitrogens with two attached hydrogens (primary N) is 1. The van der Waals surface area contributed by atoms with Crippen molar-refractivity contribution in [2.24, 2.45) is 11.7 Å². The van der Waals surface area contributed by atoms with E-state index in [4.69, 9.17) is 39.0 Å². The molecule has 0 aliphatic carbocycles. The van der Waals surface area contributed by atoms with Crippen molar-refractivity contribution in [2.75, 3.05) is 71.3 Å². The molecule has 3 aromatic rings. The van der Waals surface area contributed by atoms with E-state index >= 15 is 0 Å². The number of nitrogens with one attached hydrogen (secondary N) is 4. The Hall–Kier alpha value is -7.05. The van der Waals surface area contributed by atoms with Crippen molar-refractivity contribution < 1.29 is 71.7 Å². The summed E-state index contributed by atoms with van der Waals surface area (Å²) in [6, 6.07) is 14.8. The van der Waals surface area contributed by atoms with Gasteiger partial charge in [0.2, 0.25) is 17.7 Å². The van der Waals surface area contributed by atoms with Gasteiger partial charge in [0, 0.05) is 30.8 Å². The van der Waals surface area contributed by atoms with Crippen LogP contribution in [0.15, 0.2) is 72.8 Å². The van der Waals surface area contributed by atoms with Gasteiger partial charge in [-0.1, -0.05) is 38.1 Å². The number of hydroxylamine groups is 2. The maximum Gasteiger partial charge on any atom is 0.514 e. The van der Waals surface area contributed by atoms with Crippen molar-refractivity contribution >= 4 is 53.1 Å². The second-order valence-corrected chi connectivity index (χ2v) is 14.8. The molecule has 0 bridgehead atoms. The van der Waals surface area contributed by atoms with E-state index in [1.165, 1.54) is 24.3 Å². The number of primary amides is 1. The Bertz CT molecular complexity index is 2100. The average molecular weight is 938 g/mol. The van der Waals surface area contributed by atoms with Gasteiger partial charge in [0.05, 0.1) is 75.5 Å². The molecule has 2 atom stereocenters. The van der Waals surface area contributed by atoms with E-state index in [0.717, 1.165) is 5.06 Å². The lowest BCUT2D eigenvalue weighted by Crippen LogP contribution is -2.54. The molecule has 4 rings (SSSR count). The third-order valence-electron chi connectivity index (χ3n) is 9.49. The van der Waals surface area contributed by atoms with Crippen molar-refractivity contribution in [1.82, 2.24) is 21.0 Å². The lowest BCUT2D eigenvalue weighted by Gasteiger charge is -2.25. The second-order valence-electron chi connectivity index (χ2n) is 14.8. The summed E-state index contributed by atoms with van der Waals surface area (Å²) in [5, 5.41) is 22.1. The lowest BCUT2D eigenvalue weighted by molar-refractivity contribution is -0.384. The van der Waals surface area contributed by atoms with Gasteiger partial charge < -0.3 is 55.4 Å². The Labute approximate surface area is 385 Å². The molecule has 6 N–H and O–H groups in total. The number of ether oxygens (including phenoxy) is 6. The first kappa shape index (κ1) is 52.6. The standard InChI is InChI=1S/C44H55N7O16/c1-29(2)38(49-37(52)17-19-61-20-21-62-22-23-63-24-25-64-26-27-66-50-41(55)34-6-3-4-7-35(34)42(50)56)40(54)48-36(8-5-18-46-43(45)57)39(53)47-31-11-9-30(10-12-31)28-65-44(58)67-33-15-13-32(14-16-33)51(59)60/h3-4,6-7,9-16,29,36,38H,5,8,17-28H2,1-2H3,(H,47,53)(H,48,54)(H,49,52)(H3,45,46,57)/t36-,38-/m0/s1. The quantitative estimate of drug-likeness (QED) is 0.0160. The smallest absolute Gasteiger partial charge is 0.429 e. The minimum Gasteiger partial charge on any atom is -0.429 e. The molecular weight excluding hydrogens is 883 g/mol. The number of anilines is 1. The Balaban J connectivity index is 1.09. The average Bonchev–Trinajstić information content (AvgIpc) is 3.54. The van der Waals surface area contributed by atoms with Gasteiger partial charge in [0.25, 0.3) is 17.5 Å². The number of benzene rings is 3. The number of hydrogen-bond donors (Lipinski definition) is 5. The molecule has 23 nitrogen and oxygen atoms in total. The zero-order valence-corrected chi connectivity index (χ0v) is 37.1. The first-order valence-electron chi connectivity index (χ1n) is 21.3. The second kappa shape index (κ2) is 28.1. The highest BCUT2D eigenvalue weighted by Crippen LogP contribution is 2.23. The maximum absolute atomic E-state index is 13.5.